The Morgan fingerprint density at radius 2 is 1.86 bits per heavy atom. The maximum Gasteiger partial charge on any atom is 0.313 e. The zero-order valence-corrected chi connectivity index (χ0v) is 24.9. The first-order valence-electron chi connectivity index (χ1n) is 14.9. The number of nitrogens with one attached hydrogen (secondary N) is 3. The second-order valence-electron chi connectivity index (χ2n) is 10.7. The first kappa shape index (κ1) is 30.7. The van der Waals surface area contributed by atoms with Crippen molar-refractivity contribution in [3.05, 3.63) is 84.3 Å². The summed E-state index contributed by atoms with van der Waals surface area (Å²) in [6.07, 6.45) is 5.28. The van der Waals surface area contributed by atoms with E-state index in [2.05, 4.69) is 27.9 Å². The number of nitrogens with zero attached hydrogens (tertiary/aromatic N) is 1. The van der Waals surface area contributed by atoms with Crippen molar-refractivity contribution in [3.8, 4) is 23.0 Å². The Kier molecular flexibility index (Phi) is 10.2. The van der Waals surface area contributed by atoms with Crippen LogP contribution in [-0.4, -0.2) is 49.6 Å². The second-order valence-corrected chi connectivity index (χ2v) is 10.7. The van der Waals surface area contributed by atoms with Gasteiger partial charge in [0.25, 0.3) is 0 Å². The summed E-state index contributed by atoms with van der Waals surface area (Å²) in [6.45, 7) is 4.36. The van der Waals surface area contributed by atoms with Gasteiger partial charge in [-0.25, -0.2) is 4.39 Å². The van der Waals surface area contributed by atoms with Gasteiger partial charge >= 0.3 is 11.8 Å². The number of halogens is 1. The highest BCUT2D eigenvalue weighted by molar-refractivity contribution is 6.39. The molecule has 3 aromatic carbocycles. The van der Waals surface area contributed by atoms with E-state index in [1.165, 1.54) is 12.1 Å². The average Bonchev–Trinajstić information content (AvgIpc) is 3.05. The molecule has 10 heteroatoms. The van der Waals surface area contributed by atoms with E-state index in [-0.39, 0.29) is 17.5 Å². The molecule has 0 saturated carbocycles. The number of fused-ring (bicyclic) bond motifs is 1. The van der Waals surface area contributed by atoms with Gasteiger partial charge in [-0.15, -0.1) is 0 Å². The molecule has 2 amide bonds. The highest BCUT2D eigenvalue weighted by atomic mass is 19.1. The Morgan fingerprint density at radius 3 is 2.59 bits per heavy atom. The van der Waals surface area contributed by atoms with Crippen LogP contribution in [0.2, 0.25) is 0 Å². The molecule has 3 N–H and O–H groups in total. The number of amides is 2. The number of pyridine rings is 1. The van der Waals surface area contributed by atoms with Crippen molar-refractivity contribution in [2.24, 2.45) is 5.92 Å². The van der Waals surface area contributed by atoms with Crippen LogP contribution < -0.4 is 30.2 Å². The van der Waals surface area contributed by atoms with Crippen LogP contribution in [0.15, 0.2) is 72.9 Å². The lowest BCUT2D eigenvalue weighted by Gasteiger charge is -2.31. The lowest BCUT2D eigenvalue weighted by molar-refractivity contribution is -0.136. The third-order valence-corrected chi connectivity index (χ3v) is 7.69. The van der Waals surface area contributed by atoms with E-state index in [9.17, 15) is 9.59 Å². The molecule has 1 fully saturated rings. The van der Waals surface area contributed by atoms with Crippen molar-refractivity contribution in [1.29, 1.82) is 0 Å². The lowest BCUT2D eigenvalue weighted by atomic mass is 9.92. The topological polar surface area (TPSA) is 111 Å². The number of carbonyl (C=O) groups is 2. The smallest absolute Gasteiger partial charge is 0.313 e. The Hall–Kier alpha value is -4.70. The van der Waals surface area contributed by atoms with Gasteiger partial charge in [0, 0.05) is 48.4 Å². The summed E-state index contributed by atoms with van der Waals surface area (Å²) in [4.78, 5) is 29.0. The molecular formula is C34H37FN4O5. The number of ether oxygens (including phenoxy) is 3. The molecule has 1 aliphatic rings. The number of rotatable bonds is 11. The van der Waals surface area contributed by atoms with Crippen LogP contribution in [0.4, 0.5) is 10.1 Å². The normalized spacial score (nSPS) is 15.3. The van der Waals surface area contributed by atoms with Gasteiger partial charge in [-0.2, -0.15) is 0 Å². The fourth-order valence-corrected chi connectivity index (χ4v) is 5.35. The predicted molar refractivity (Wildman–Crippen MR) is 167 cm³/mol. The number of piperidine rings is 1. The zero-order valence-electron chi connectivity index (χ0n) is 24.9. The van der Waals surface area contributed by atoms with Gasteiger partial charge in [0.1, 0.15) is 11.9 Å². The van der Waals surface area contributed by atoms with Crippen LogP contribution in [-0.2, 0) is 16.0 Å². The van der Waals surface area contributed by atoms with E-state index in [4.69, 9.17) is 14.2 Å². The Labute approximate surface area is 256 Å². The predicted octanol–water partition coefficient (Wildman–Crippen LogP) is 5.63. The van der Waals surface area contributed by atoms with Crippen molar-refractivity contribution in [1.82, 2.24) is 15.6 Å². The summed E-state index contributed by atoms with van der Waals surface area (Å²) in [5.74, 6) is -0.563. The number of benzene rings is 3. The summed E-state index contributed by atoms with van der Waals surface area (Å²) in [7, 11) is 1.57. The van der Waals surface area contributed by atoms with Crippen LogP contribution in [0.25, 0.3) is 10.9 Å². The molecule has 44 heavy (non-hydrogen) atoms. The van der Waals surface area contributed by atoms with Gasteiger partial charge in [-0.05, 0) is 62.1 Å². The first-order chi connectivity index (χ1) is 21.4. The molecular weight excluding hydrogens is 563 g/mol. The molecule has 9 nitrogen and oxygen atoms in total. The minimum atomic E-state index is -0.888. The fourth-order valence-electron chi connectivity index (χ4n) is 5.35. The van der Waals surface area contributed by atoms with Crippen LogP contribution in [0.3, 0.4) is 0 Å². The minimum Gasteiger partial charge on any atom is -0.493 e. The summed E-state index contributed by atoms with van der Waals surface area (Å²) in [5.41, 5.74) is 1.77. The van der Waals surface area contributed by atoms with E-state index in [0.29, 0.717) is 47.0 Å². The van der Waals surface area contributed by atoms with Gasteiger partial charge in [0.05, 0.1) is 12.6 Å². The molecule has 230 valence electrons. The Morgan fingerprint density at radius 1 is 1.02 bits per heavy atom. The highest BCUT2D eigenvalue weighted by Gasteiger charge is 2.25. The standard InChI is InChI=1S/C34H37FN4O5/c1-3-28(23-10-7-15-36-21-23)43-32-20-27-25(19-31(32)42-2)29(14-17-37-27)44-30-12-11-24(18-26(30)35)39-34(41)33(40)38-16-13-22-8-5-4-6-9-22/h4-6,8-9,11-12,14,17-20,23,28,36H,3,7,10,13,15-16,21H2,1-2H3,(H,38,40)(H,39,41). The van der Waals surface area contributed by atoms with Crippen molar-refractivity contribution >= 4 is 28.4 Å². The van der Waals surface area contributed by atoms with Gasteiger partial charge in [-0.3, -0.25) is 14.6 Å². The summed E-state index contributed by atoms with van der Waals surface area (Å²) in [5, 5.41) is 9.07. The minimum absolute atomic E-state index is 0.0297. The third-order valence-electron chi connectivity index (χ3n) is 7.69. The van der Waals surface area contributed by atoms with Crippen molar-refractivity contribution in [2.75, 3.05) is 32.1 Å². The molecule has 4 aromatic rings. The molecule has 2 unspecified atom stereocenters. The average molecular weight is 601 g/mol. The van der Waals surface area contributed by atoms with E-state index in [1.807, 2.05) is 36.4 Å². The molecule has 1 saturated heterocycles. The van der Waals surface area contributed by atoms with Gasteiger partial charge in [0.15, 0.2) is 23.1 Å². The Bertz CT molecular complexity index is 1590. The van der Waals surface area contributed by atoms with Crippen LogP contribution in [0.5, 0.6) is 23.0 Å². The molecule has 2 heterocycles. The summed E-state index contributed by atoms with van der Waals surface area (Å²) >= 11 is 0. The Balaban J connectivity index is 1.25. The van der Waals surface area contributed by atoms with E-state index < -0.39 is 17.6 Å². The molecule has 0 radical (unpaired) electrons. The van der Waals surface area contributed by atoms with Crippen molar-refractivity contribution in [2.45, 2.75) is 38.7 Å². The third kappa shape index (κ3) is 7.62. The van der Waals surface area contributed by atoms with Crippen LogP contribution in [0.1, 0.15) is 31.7 Å². The molecule has 2 atom stereocenters. The number of hydrogen-bond acceptors (Lipinski definition) is 7. The van der Waals surface area contributed by atoms with E-state index in [1.54, 1.807) is 25.4 Å². The molecule has 1 aliphatic heterocycles. The maximum atomic E-state index is 15.1. The molecule has 1 aromatic heterocycles. The quantitative estimate of drug-likeness (QED) is 0.192. The molecule has 0 bridgehead atoms. The number of anilines is 1. The molecule has 0 aliphatic carbocycles. The summed E-state index contributed by atoms with van der Waals surface area (Å²) in [6, 6.07) is 18.8. The zero-order chi connectivity index (χ0) is 30.9. The van der Waals surface area contributed by atoms with Gasteiger partial charge < -0.3 is 30.2 Å². The van der Waals surface area contributed by atoms with E-state index in [0.717, 1.165) is 44.0 Å². The number of hydrogen-bond donors (Lipinski definition) is 3. The van der Waals surface area contributed by atoms with Crippen molar-refractivity contribution < 1.29 is 28.2 Å². The SMILES string of the molecule is CCC(Oc1cc2nccc(Oc3ccc(NC(=O)C(=O)NCCc4ccccc4)cc3F)c2cc1OC)C1CCCNC1. The monoisotopic (exact) mass is 600 g/mol. The number of carbonyl (C=O) groups excluding carboxylic acids is 2. The van der Waals surface area contributed by atoms with Gasteiger partial charge in [0.2, 0.25) is 0 Å². The lowest BCUT2D eigenvalue weighted by Crippen LogP contribution is -2.39. The van der Waals surface area contributed by atoms with Gasteiger partial charge in [-0.1, -0.05) is 37.3 Å². The summed E-state index contributed by atoms with van der Waals surface area (Å²) < 4.78 is 33.2. The van der Waals surface area contributed by atoms with Crippen molar-refractivity contribution in [3.63, 3.8) is 0 Å². The second kappa shape index (κ2) is 14.7. The highest BCUT2D eigenvalue weighted by Crippen LogP contribution is 2.39. The number of methoxy groups -OCH3 is 1. The van der Waals surface area contributed by atoms with Crippen LogP contribution in [0, 0.1) is 11.7 Å². The first-order valence-corrected chi connectivity index (χ1v) is 14.9. The largest absolute Gasteiger partial charge is 0.493 e. The number of aromatic nitrogens is 1. The maximum absolute atomic E-state index is 15.1. The van der Waals surface area contributed by atoms with E-state index >= 15 is 4.39 Å². The van der Waals surface area contributed by atoms with Crippen LogP contribution >= 0.6 is 0 Å². The molecule has 5 rings (SSSR count). The fraction of sp³-hybridized carbons (Fsp3) is 0.324. The molecule has 0 spiro atoms.